The molecule has 1 amide bonds. The predicted octanol–water partition coefficient (Wildman–Crippen LogP) is 3.38. The number of carbonyl (C=O) groups excluding carboxylic acids is 1. The van der Waals surface area contributed by atoms with E-state index >= 15 is 0 Å². The Bertz CT molecular complexity index is 683. The van der Waals surface area contributed by atoms with Gasteiger partial charge in [-0.1, -0.05) is 56.3 Å². The Labute approximate surface area is 156 Å². The number of nitrogens with one attached hydrogen (secondary N) is 1. The van der Waals surface area contributed by atoms with E-state index in [1.807, 2.05) is 54.6 Å². The molecule has 0 radical (unpaired) electrons. The van der Waals surface area contributed by atoms with Gasteiger partial charge in [0.05, 0.1) is 7.11 Å². The molecule has 0 aliphatic heterocycles. The monoisotopic (exact) mass is 362 g/mol. The molecular formula is C20H27ClN2O2. The molecule has 0 spiro atoms. The fraction of sp³-hybridized carbons (Fsp3) is 0.350. The largest absolute Gasteiger partial charge is 0.497 e. The molecule has 0 saturated heterocycles. The van der Waals surface area contributed by atoms with Crippen LogP contribution in [0, 0.1) is 0 Å². The number of halogens is 1. The Kier molecular flexibility index (Phi) is 7.03. The number of nitrogens with two attached hydrogens (primary N) is 1. The molecule has 5 heteroatoms. The highest BCUT2D eigenvalue weighted by molar-refractivity contribution is 5.87. The molecule has 0 fully saturated rings. The summed E-state index contributed by atoms with van der Waals surface area (Å²) < 4.78 is 5.19. The zero-order valence-electron chi connectivity index (χ0n) is 15.2. The number of benzene rings is 2. The molecule has 0 bridgehead atoms. The van der Waals surface area contributed by atoms with E-state index in [2.05, 4.69) is 19.2 Å². The molecule has 0 saturated carbocycles. The number of methoxy groups -OCH3 is 1. The average molecular weight is 363 g/mol. The number of ether oxygens (including phenoxy) is 1. The zero-order valence-corrected chi connectivity index (χ0v) is 16.0. The maximum absolute atomic E-state index is 12.6. The lowest BCUT2D eigenvalue weighted by Gasteiger charge is -2.29. The summed E-state index contributed by atoms with van der Waals surface area (Å²) in [5.74, 6) is 0.632. The van der Waals surface area contributed by atoms with Crippen LogP contribution >= 0.6 is 12.4 Å². The number of carbonyl (C=O) groups is 1. The molecule has 1 atom stereocenters. The third-order valence-corrected chi connectivity index (χ3v) is 4.41. The van der Waals surface area contributed by atoms with Crippen molar-refractivity contribution in [3.05, 3.63) is 65.7 Å². The fourth-order valence-electron chi connectivity index (χ4n) is 2.54. The van der Waals surface area contributed by atoms with E-state index in [0.717, 1.165) is 16.9 Å². The van der Waals surface area contributed by atoms with Crippen LogP contribution in [-0.2, 0) is 15.7 Å². The summed E-state index contributed by atoms with van der Waals surface area (Å²) in [5, 5.41) is 2.99. The van der Waals surface area contributed by atoms with Crippen molar-refractivity contribution < 1.29 is 9.53 Å². The maximum atomic E-state index is 12.6. The molecule has 136 valence electrons. The lowest BCUT2D eigenvalue weighted by molar-refractivity contribution is -0.126. The topological polar surface area (TPSA) is 64.3 Å². The predicted molar refractivity (Wildman–Crippen MR) is 104 cm³/mol. The Morgan fingerprint density at radius 2 is 1.56 bits per heavy atom. The second-order valence-electron chi connectivity index (χ2n) is 6.86. The van der Waals surface area contributed by atoms with Crippen molar-refractivity contribution in [2.75, 3.05) is 13.7 Å². The average Bonchev–Trinajstić information content (AvgIpc) is 2.60. The number of rotatable bonds is 6. The summed E-state index contributed by atoms with van der Waals surface area (Å²) in [6, 6.07) is 17.3. The van der Waals surface area contributed by atoms with Gasteiger partial charge >= 0.3 is 0 Å². The van der Waals surface area contributed by atoms with Crippen molar-refractivity contribution in [3.63, 3.8) is 0 Å². The van der Waals surface area contributed by atoms with Gasteiger partial charge in [0.25, 0.3) is 0 Å². The van der Waals surface area contributed by atoms with Gasteiger partial charge in [0.1, 0.15) is 11.3 Å². The quantitative estimate of drug-likeness (QED) is 0.827. The SMILES string of the molecule is COc1ccc(C(C)(C)CNC(=O)C(C)(N)c2ccccc2)cc1.Cl. The van der Waals surface area contributed by atoms with E-state index in [-0.39, 0.29) is 23.7 Å². The summed E-state index contributed by atoms with van der Waals surface area (Å²) in [4.78, 5) is 12.6. The lowest BCUT2D eigenvalue weighted by atomic mass is 9.84. The molecule has 25 heavy (non-hydrogen) atoms. The molecule has 1 unspecified atom stereocenters. The normalized spacial score (nSPS) is 13.3. The first kappa shape index (κ1) is 21.0. The van der Waals surface area contributed by atoms with Gasteiger partial charge in [0.2, 0.25) is 5.91 Å². The molecule has 0 aliphatic carbocycles. The van der Waals surface area contributed by atoms with Crippen LogP contribution in [-0.4, -0.2) is 19.6 Å². The van der Waals surface area contributed by atoms with Gasteiger partial charge in [0, 0.05) is 12.0 Å². The van der Waals surface area contributed by atoms with E-state index in [0.29, 0.717) is 6.54 Å². The van der Waals surface area contributed by atoms with Crippen molar-refractivity contribution in [3.8, 4) is 5.75 Å². The first-order valence-electron chi connectivity index (χ1n) is 8.04. The molecule has 0 heterocycles. The highest BCUT2D eigenvalue weighted by atomic mass is 35.5. The van der Waals surface area contributed by atoms with Crippen LogP contribution in [0.3, 0.4) is 0 Å². The van der Waals surface area contributed by atoms with Crippen LogP contribution in [0.4, 0.5) is 0 Å². The lowest BCUT2D eigenvalue weighted by Crippen LogP contribution is -2.51. The van der Waals surface area contributed by atoms with Crippen molar-refractivity contribution in [2.24, 2.45) is 5.73 Å². The van der Waals surface area contributed by atoms with Crippen LogP contribution in [0.1, 0.15) is 31.9 Å². The highest BCUT2D eigenvalue weighted by Gasteiger charge is 2.32. The van der Waals surface area contributed by atoms with Gasteiger partial charge in [-0.2, -0.15) is 0 Å². The van der Waals surface area contributed by atoms with E-state index in [1.165, 1.54) is 0 Å². The standard InChI is InChI=1S/C20H26N2O2.ClH/c1-19(2,15-10-12-17(24-4)13-11-15)14-22-18(23)20(3,21)16-8-6-5-7-9-16;/h5-13H,14,21H2,1-4H3,(H,22,23);1H. The van der Waals surface area contributed by atoms with Crippen LogP contribution in [0.5, 0.6) is 5.75 Å². The summed E-state index contributed by atoms with van der Waals surface area (Å²) in [6.07, 6.45) is 0. The minimum Gasteiger partial charge on any atom is -0.497 e. The maximum Gasteiger partial charge on any atom is 0.244 e. The molecular weight excluding hydrogens is 336 g/mol. The molecule has 4 nitrogen and oxygen atoms in total. The fourth-order valence-corrected chi connectivity index (χ4v) is 2.54. The van der Waals surface area contributed by atoms with Gasteiger partial charge in [-0.25, -0.2) is 0 Å². The van der Waals surface area contributed by atoms with Crippen molar-refractivity contribution in [2.45, 2.75) is 31.7 Å². The van der Waals surface area contributed by atoms with Crippen LogP contribution in [0.25, 0.3) is 0 Å². The van der Waals surface area contributed by atoms with E-state index in [9.17, 15) is 4.79 Å². The Balaban J connectivity index is 0.00000312. The van der Waals surface area contributed by atoms with Gasteiger partial charge in [0.15, 0.2) is 0 Å². The van der Waals surface area contributed by atoms with Crippen molar-refractivity contribution in [1.29, 1.82) is 0 Å². The highest BCUT2D eigenvalue weighted by Crippen LogP contribution is 2.25. The Morgan fingerprint density at radius 3 is 2.08 bits per heavy atom. The van der Waals surface area contributed by atoms with Crippen molar-refractivity contribution >= 4 is 18.3 Å². The molecule has 0 aromatic heterocycles. The molecule has 2 aromatic rings. The van der Waals surface area contributed by atoms with E-state index in [1.54, 1.807) is 14.0 Å². The van der Waals surface area contributed by atoms with Gasteiger partial charge in [-0.15, -0.1) is 12.4 Å². The summed E-state index contributed by atoms with van der Waals surface area (Å²) in [7, 11) is 1.64. The van der Waals surface area contributed by atoms with Gasteiger partial charge < -0.3 is 15.8 Å². The van der Waals surface area contributed by atoms with Crippen LogP contribution in [0.15, 0.2) is 54.6 Å². The first-order valence-corrected chi connectivity index (χ1v) is 8.04. The summed E-state index contributed by atoms with van der Waals surface area (Å²) >= 11 is 0. The minimum absolute atomic E-state index is 0. The Morgan fingerprint density at radius 1 is 1.00 bits per heavy atom. The molecule has 3 N–H and O–H groups in total. The smallest absolute Gasteiger partial charge is 0.244 e. The zero-order chi connectivity index (χ0) is 17.8. The molecule has 0 aliphatic rings. The molecule has 2 aromatic carbocycles. The third kappa shape index (κ3) is 4.97. The first-order chi connectivity index (χ1) is 11.3. The van der Waals surface area contributed by atoms with Crippen LogP contribution in [0.2, 0.25) is 0 Å². The van der Waals surface area contributed by atoms with E-state index < -0.39 is 5.54 Å². The summed E-state index contributed by atoms with van der Waals surface area (Å²) in [6.45, 7) is 6.41. The molecule has 2 rings (SSSR count). The van der Waals surface area contributed by atoms with E-state index in [4.69, 9.17) is 10.5 Å². The van der Waals surface area contributed by atoms with Gasteiger partial charge in [-0.05, 0) is 30.2 Å². The Hall–Kier alpha value is -2.04. The third-order valence-electron chi connectivity index (χ3n) is 4.41. The van der Waals surface area contributed by atoms with Crippen molar-refractivity contribution in [1.82, 2.24) is 5.32 Å². The number of hydrogen-bond acceptors (Lipinski definition) is 3. The number of amides is 1. The van der Waals surface area contributed by atoms with Gasteiger partial charge in [-0.3, -0.25) is 4.79 Å². The second kappa shape index (κ2) is 8.37. The number of hydrogen-bond donors (Lipinski definition) is 2. The minimum atomic E-state index is -1.06. The second-order valence-corrected chi connectivity index (χ2v) is 6.86. The summed E-state index contributed by atoms with van der Waals surface area (Å²) in [5.41, 5.74) is 6.91. The van der Waals surface area contributed by atoms with Crippen LogP contribution < -0.4 is 15.8 Å².